The minimum atomic E-state index is 0.852. The van der Waals surface area contributed by atoms with E-state index in [1.54, 1.807) is 23.7 Å². The monoisotopic (exact) mass is 202 g/mol. The summed E-state index contributed by atoms with van der Waals surface area (Å²) in [6.07, 6.45) is 7.04. The van der Waals surface area contributed by atoms with Gasteiger partial charge >= 0.3 is 0 Å². The van der Waals surface area contributed by atoms with Gasteiger partial charge in [-0.15, -0.1) is 11.3 Å². The van der Waals surface area contributed by atoms with Gasteiger partial charge in [0.15, 0.2) is 0 Å². The standard InChI is InChI=1S/C9H6N4S/c1-2-14-9(11-1)7-4-12-8-6(7)3-10-5-13-8/h1-5H,(H,10,12,13). The van der Waals surface area contributed by atoms with Crippen molar-refractivity contribution in [2.75, 3.05) is 0 Å². The van der Waals surface area contributed by atoms with Crippen LogP contribution in [0.3, 0.4) is 0 Å². The number of thiazole rings is 1. The molecule has 3 heterocycles. The summed E-state index contributed by atoms with van der Waals surface area (Å²) in [6, 6.07) is 0. The fraction of sp³-hybridized carbons (Fsp3) is 0. The molecule has 0 aliphatic rings. The van der Waals surface area contributed by atoms with E-state index in [-0.39, 0.29) is 0 Å². The minimum absolute atomic E-state index is 0.852. The van der Waals surface area contributed by atoms with Crippen molar-refractivity contribution >= 4 is 22.4 Å². The summed E-state index contributed by atoms with van der Waals surface area (Å²) in [5, 5.41) is 3.96. The Hall–Kier alpha value is -1.75. The van der Waals surface area contributed by atoms with Gasteiger partial charge in [-0.05, 0) is 0 Å². The molecule has 3 aromatic heterocycles. The molecule has 0 bridgehead atoms. The largest absolute Gasteiger partial charge is 0.345 e. The van der Waals surface area contributed by atoms with Crippen LogP contribution in [0.5, 0.6) is 0 Å². The van der Waals surface area contributed by atoms with Crippen molar-refractivity contribution in [3.8, 4) is 10.6 Å². The summed E-state index contributed by atoms with van der Waals surface area (Å²) >= 11 is 1.61. The Kier molecular flexibility index (Phi) is 1.57. The lowest BCUT2D eigenvalue weighted by Crippen LogP contribution is -1.78. The number of aromatic nitrogens is 4. The van der Waals surface area contributed by atoms with Gasteiger partial charge in [-0.3, -0.25) is 0 Å². The van der Waals surface area contributed by atoms with Crippen LogP contribution in [0.1, 0.15) is 0 Å². The number of H-pyrrole nitrogens is 1. The van der Waals surface area contributed by atoms with E-state index < -0.39 is 0 Å². The molecule has 14 heavy (non-hydrogen) atoms. The topological polar surface area (TPSA) is 54.5 Å². The number of nitrogens with one attached hydrogen (secondary N) is 1. The van der Waals surface area contributed by atoms with Crippen molar-refractivity contribution in [1.29, 1.82) is 0 Å². The van der Waals surface area contributed by atoms with Crippen molar-refractivity contribution in [2.24, 2.45) is 0 Å². The number of nitrogens with zero attached hydrogens (tertiary/aromatic N) is 3. The second kappa shape index (κ2) is 2.88. The summed E-state index contributed by atoms with van der Waals surface area (Å²) in [6.45, 7) is 0. The maximum Gasteiger partial charge on any atom is 0.141 e. The van der Waals surface area contributed by atoms with Crippen LogP contribution >= 0.6 is 11.3 Å². The zero-order valence-corrected chi connectivity index (χ0v) is 7.95. The van der Waals surface area contributed by atoms with Gasteiger partial charge in [0.2, 0.25) is 0 Å². The maximum absolute atomic E-state index is 4.25. The van der Waals surface area contributed by atoms with E-state index >= 15 is 0 Å². The average molecular weight is 202 g/mol. The number of aromatic amines is 1. The van der Waals surface area contributed by atoms with Gasteiger partial charge in [-0.2, -0.15) is 0 Å². The zero-order valence-electron chi connectivity index (χ0n) is 7.14. The first-order chi connectivity index (χ1) is 6.95. The van der Waals surface area contributed by atoms with Gasteiger partial charge < -0.3 is 4.98 Å². The molecular formula is C9H6N4S. The van der Waals surface area contributed by atoms with E-state index in [9.17, 15) is 0 Å². The number of rotatable bonds is 1. The fourth-order valence-electron chi connectivity index (χ4n) is 1.39. The minimum Gasteiger partial charge on any atom is -0.345 e. The van der Waals surface area contributed by atoms with Crippen LogP contribution in [-0.4, -0.2) is 19.9 Å². The van der Waals surface area contributed by atoms with Crippen molar-refractivity contribution in [3.63, 3.8) is 0 Å². The highest BCUT2D eigenvalue weighted by Crippen LogP contribution is 2.27. The second-order valence-corrected chi connectivity index (χ2v) is 3.72. The molecule has 4 nitrogen and oxygen atoms in total. The summed E-state index contributed by atoms with van der Waals surface area (Å²) in [7, 11) is 0. The van der Waals surface area contributed by atoms with E-state index in [2.05, 4.69) is 19.9 Å². The molecule has 0 aliphatic heterocycles. The van der Waals surface area contributed by atoms with Crippen LogP contribution in [-0.2, 0) is 0 Å². The van der Waals surface area contributed by atoms with Crippen LogP contribution in [0.4, 0.5) is 0 Å². The summed E-state index contributed by atoms with van der Waals surface area (Å²) in [5.41, 5.74) is 1.92. The first-order valence-electron chi connectivity index (χ1n) is 4.12. The van der Waals surface area contributed by atoms with Gasteiger partial charge in [0.05, 0.1) is 0 Å². The summed E-state index contributed by atoms with van der Waals surface area (Å²) in [5.74, 6) is 0. The van der Waals surface area contributed by atoms with Gasteiger partial charge in [-0.25, -0.2) is 15.0 Å². The lowest BCUT2D eigenvalue weighted by Gasteiger charge is -1.90. The van der Waals surface area contributed by atoms with E-state index in [1.165, 1.54) is 6.33 Å². The Balaban J connectivity index is 2.33. The number of fused-ring (bicyclic) bond motifs is 1. The SMILES string of the molecule is c1csc(-c2c[nH]c3ncncc23)n1. The molecule has 0 aromatic carbocycles. The molecule has 5 heteroatoms. The average Bonchev–Trinajstić information content (AvgIpc) is 2.85. The van der Waals surface area contributed by atoms with Gasteiger partial charge in [0, 0.05) is 34.9 Å². The molecule has 0 saturated carbocycles. The molecule has 0 unspecified atom stereocenters. The quantitative estimate of drug-likeness (QED) is 0.657. The Bertz CT molecular complexity index is 555. The Morgan fingerprint density at radius 3 is 3.14 bits per heavy atom. The van der Waals surface area contributed by atoms with Crippen LogP contribution in [0, 0.1) is 0 Å². The smallest absolute Gasteiger partial charge is 0.141 e. The van der Waals surface area contributed by atoms with E-state index in [1.807, 2.05) is 11.6 Å². The lowest BCUT2D eigenvalue weighted by atomic mass is 10.2. The zero-order chi connectivity index (χ0) is 9.38. The highest BCUT2D eigenvalue weighted by Gasteiger charge is 2.07. The highest BCUT2D eigenvalue weighted by atomic mass is 32.1. The number of hydrogen-bond donors (Lipinski definition) is 1. The third-order valence-electron chi connectivity index (χ3n) is 2.02. The summed E-state index contributed by atoms with van der Waals surface area (Å²) in [4.78, 5) is 15.5. The molecule has 3 aromatic rings. The Morgan fingerprint density at radius 2 is 2.29 bits per heavy atom. The van der Waals surface area contributed by atoms with Crippen LogP contribution in [0.15, 0.2) is 30.3 Å². The molecule has 0 fully saturated rings. The third-order valence-corrected chi connectivity index (χ3v) is 2.82. The molecule has 68 valence electrons. The summed E-state index contributed by atoms with van der Waals surface area (Å²) < 4.78 is 0. The molecule has 3 rings (SSSR count). The van der Waals surface area contributed by atoms with Gasteiger partial charge in [0.1, 0.15) is 17.0 Å². The van der Waals surface area contributed by atoms with Crippen molar-refractivity contribution in [3.05, 3.63) is 30.3 Å². The van der Waals surface area contributed by atoms with E-state index in [4.69, 9.17) is 0 Å². The molecule has 0 aliphatic carbocycles. The molecule has 0 saturated heterocycles. The number of hydrogen-bond acceptors (Lipinski definition) is 4. The first-order valence-corrected chi connectivity index (χ1v) is 5.00. The molecule has 0 spiro atoms. The Morgan fingerprint density at radius 1 is 1.29 bits per heavy atom. The third kappa shape index (κ3) is 1.03. The van der Waals surface area contributed by atoms with Gasteiger partial charge in [0.25, 0.3) is 0 Å². The van der Waals surface area contributed by atoms with E-state index in [0.29, 0.717) is 0 Å². The predicted molar refractivity (Wildman–Crippen MR) is 55.0 cm³/mol. The van der Waals surface area contributed by atoms with Gasteiger partial charge in [-0.1, -0.05) is 0 Å². The molecule has 0 radical (unpaired) electrons. The van der Waals surface area contributed by atoms with Crippen LogP contribution < -0.4 is 0 Å². The van der Waals surface area contributed by atoms with Crippen LogP contribution in [0.25, 0.3) is 21.6 Å². The highest BCUT2D eigenvalue weighted by molar-refractivity contribution is 7.13. The lowest BCUT2D eigenvalue weighted by molar-refractivity contribution is 1.20. The molecular weight excluding hydrogens is 196 g/mol. The Labute approximate surface area is 83.7 Å². The van der Waals surface area contributed by atoms with Crippen LogP contribution in [0.2, 0.25) is 0 Å². The predicted octanol–water partition coefficient (Wildman–Crippen LogP) is 2.08. The van der Waals surface area contributed by atoms with Crippen molar-refractivity contribution < 1.29 is 0 Å². The molecule has 0 amide bonds. The molecule has 0 atom stereocenters. The van der Waals surface area contributed by atoms with Crippen molar-refractivity contribution in [1.82, 2.24) is 19.9 Å². The maximum atomic E-state index is 4.25. The second-order valence-electron chi connectivity index (χ2n) is 2.82. The molecule has 1 N–H and O–H groups in total. The van der Waals surface area contributed by atoms with Crippen molar-refractivity contribution in [2.45, 2.75) is 0 Å². The normalized spacial score (nSPS) is 10.9. The fourth-order valence-corrected chi connectivity index (χ4v) is 2.06. The van der Waals surface area contributed by atoms with E-state index in [0.717, 1.165) is 21.6 Å². The first kappa shape index (κ1) is 7.64.